The van der Waals surface area contributed by atoms with E-state index in [4.69, 9.17) is 5.73 Å². The van der Waals surface area contributed by atoms with E-state index in [0.717, 1.165) is 22.9 Å². The molecule has 0 saturated heterocycles. The van der Waals surface area contributed by atoms with Gasteiger partial charge in [0, 0.05) is 17.6 Å². The molecular formula is C16H23BrN2O. The summed E-state index contributed by atoms with van der Waals surface area (Å²) in [5, 5.41) is 0. The second-order valence-electron chi connectivity index (χ2n) is 5.66. The normalized spacial score (nSPS) is 22.6. The van der Waals surface area contributed by atoms with Gasteiger partial charge in [-0.2, -0.15) is 0 Å². The molecule has 1 aliphatic rings. The predicted molar refractivity (Wildman–Crippen MR) is 85.4 cm³/mol. The number of nitrogens with two attached hydrogens (primary N) is 1. The van der Waals surface area contributed by atoms with Crippen molar-refractivity contribution in [1.82, 2.24) is 4.90 Å². The predicted octanol–water partition coefficient (Wildman–Crippen LogP) is 2.97. The molecular weight excluding hydrogens is 316 g/mol. The molecule has 2 atom stereocenters. The lowest BCUT2D eigenvalue weighted by Crippen LogP contribution is -2.46. The Morgan fingerprint density at radius 3 is 2.60 bits per heavy atom. The van der Waals surface area contributed by atoms with Crippen molar-refractivity contribution in [1.29, 1.82) is 0 Å². The van der Waals surface area contributed by atoms with Gasteiger partial charge in [0.2, 0.25) is 5.91 Å². The second kappa shape index (κ2) is 7.23. The Morgan fingerprint density at radius 1 is 1.30 bits per heavy atom. The standard InChI is InChI=1S/C16H23BrN2O/c1-19(15-5-3-2-4-13(15)11-18)16(20)10-12-6-8-14(17)9-7-12/h6-9,13,15H,2-5,10-11,18H2,1H3. The monoisotopic (exact) mass is 338 g/mol. The van der Waals surface area contributed by atoms with Crippen LogP contribution in [0.1, 0.15) is 31.2 Å². The first-order valence-electron chi connectivity index (χ1n) is 7.32. The van der Waals surface area contributed by atoms with E-state index < -0.39 is 0 Å². The van der Waals surface area contributed by atoms with Crippen LogP contribution in [0.25, 0.3) is 0 Å². The number of benzene rings is 1. The quantitative estimate of drug-likeness (QED) is 0.917. The van der Waals surface area contributed by atoms with Gasteiger partial charge in [0.1, 0.15) is 0 Å². The first-order chi connectivity index (χ1) is 9.61. The van der Waals surface area contributed by atoms with Crippen LogP contribution in [-0.2, 0) is 11.2 Å². The highest BCUT2D eigenvalue weighted by atomic mass is 79.9. The van der Waals surface area contributed by atoms with Crippen molar-refractivity contribution in [2.24, 2.45) is 11.7 Å². The molecule has 2 rings (SSSR count). The van der Waals surface area contributed by atoms with Crippen LogP contribution in [0.2, 0.25) is 0 Å². The minimum Gasteiger partial charge on any atom is -0.342 e. The van der Waals surface area contributed by atoms with Crippen molar-refractivity contribution in [2.75, 3.05) is 13.6 Å². The third-order valence-corrected chi connectivity index (χ3v) is 4.86. The van der Waals surface area contributed by atoms with Gasteiger partial charge in [0.25, 0.3) is 0 Å². The molecule has 0 bridgehead atoms. The van der Waals surface area contributed by atoms with E-state index in [2.05, 4.69) is 15.9 Å². The molecule has 0 spiro atoms. The molecule has 1 amide bonds. The Morgan fingerprint density at radius 2 is 1.95 bits per heavy atom. The first kappa shape index (κ1) is 15.5. The molecule has 0 aliphatic heterocycles. The Bertz CT molecular complexity index is 446. The van der Waals surface area contributed by atoms with Gasteiger partial charge in [-0.1, -0.05) is 40.9 Å². The fourth-order valence-corrected chi connectivity index (χ4v) is 3.32. The molecule has 4 heteroatoms. The maximum Gasteiger partial charge on any atom is 0.226 e. The number of carbonyl (C=O) groups is 1. The third kappa shape index (κ3) is 3.83. The van der Waals surface area contributed by atoms with Crippen molar-refractivity contribution in [2.45, 2.75) is 38.1 Å². The molecule has 1 aliphatic carbocycles. The van der Waals surface area contributed by atoms with Gasteiger partial charge in [-0.25, -0.2) is 0 Å². The maximum atomic E-state index is 12.4. The van der Waals surface area contributed by atoms with Gasteiger partial charge in [-0.15, -0.1) is 0 Å². The zero-order valence-electron chi connectivity index (χ0n) is 12.0. The highest BCUT2D eigenvalue weighted by Crippen LogP contribution is 2.27. The van der Waals surface area contributed by atoms with Gasteiger partial charge in [0.05, 0.1) is 6.42 Å². The number of carbonyl (C=O) groups excluding carboxylic acids is 1. The van der Waals surface area contributed by atoms with Gasteiger partial charge >= 0.3 is 0 Å². The van der Waals surface area contributed by atoms with E-state index in [1.54, 1.807) is 0 Å². The minimum atomic E-state index is 0.192. The molecule has 1 saturated carbocycles. The Balaban J connectivity index is 1.98. The molecule has 0 radical (unpaired) electrons. The highest BCUT2D eigenvalue weighted by molar-refractivity contribution is 9.10. The average molecular weight is 339 g/mol. The fraction of sp³-hybridized carbons (Fsp3) is 0.562. The van der Waals surface area contributed by atoms with Crippen LogP contribution in [0, 0.1) is 5.92 Å². The lowest BCUT2D eigenvalue weighted by atomic mass is 9.83. The zero-order chi connectivity index (χ0) is 14.5. The van der Waals surface area contributed by atoms with Crippen LogP contribution >= 0.6 is 15.9 Å². The molecule has 1 fully saturated rings. The summed E-state index contributed by atoms with van der Waals surface area (Å²) in [5.41, 5.74) is 6.92. The summed E-state index contributed by atoms with van der Waals surface area (Å²) in [5.74, 6) is 0.653. The summed E-state index contributed by atoms with van der Waals surface area (Å²) in [6.07, 6.45) is 5.16. The smallest absolute Gasteiger partial charge is 0.226 e. The van der Waals surface area contributed by atoms with Crippen molar-refractivity contribution < 1.29 is 4.79 Å². The van der Waals surface area contributed by atoms with Gasteiger partial charge in [-0.05, 0) is 43.0 Å². The maximum absolute atomic E-state index is 12.4. The third-order valence-electron chi connectivity index (χ3n) is 4.33. The average Bonchev–Trinajstić information content (AvgIpc) is 2.48. The number of halogens is 1. The topological polar surface area (TPSA) is 46.3 Å². The van der Waals surface area contributed by atoms with Crippen molar-refractivity contribution >= 4 is 21.8 Å². The number of hydrogen-bond donors (Lipinski definition) is 1. The molecule has 1 aromatic rings. The van der Waals surface area contributed by atoms with Crippen LogP contribution in [0.4, 0.5) is 0 Å². The van der Waals surface area contributed by atoms with Gasteiger partial charge in [0.15, 0.2) is 0 Å². The van der Waals surface area contributed by atoms with Crippen molar-refractivity contribution in [3.05, 3.63) is 34.3 Å². The molecule has 3 nitrogen and oxygen atoms in total. The van der Waals surface area contributed by atoms with Crippen LogP contribution < -0.4 is 5.73 Å². The summed E-state index contributed by atoms with van der Waals surface area (Å²) >= 11 is 3.41. The van der Waals surface area contributed by atoms with E-state index in [0.29, 0.717) is 24.9 Å². The van der Waals surface area contributed by atoms with Crippen LogP contribution in [0.3, 0.4) is 0 Å². The van der Waals surface area contributed by atoms with Crippen molar-refractivity contribution in [3.8, 4) is 0 Å². The second-order valence-corrected chi connectivity index (χ2v) is 6.57. The van der Waals surface area contributed by atoms with E-state index in [9.17, 15) is 4.79 Å². The largest absolute Gasteiger partial charge is 0.342 e. The molecule has 110 valence electrons. The van der Waals surface area contributed by atoms with E-state index in [1.165, 1.54) is 12.8 Å². The Labute approximate surface area is 129 Å². The van der Waals surface area contributed by atoms with E-state index in [-0.39, 0.29) is 5.91 Å². The lowest BCUT2D eigenvalue weighted by molar-refractivity contribution is -0.132. The fourth-order valence-electron chi connectivity index (χ4n) is 3.06. The number of amides is 1. The first-order valence-corrected chi connectivity index (χ1v) is 8.11. The van der Waals surface area contributed by atoms with Crippen LogP contribution in [0.5, 0.6) is 0 Å². The molecule has 0 heterocycles. The highest BCUT2D eigenvalue weighted by Gasteiger charge is 2.29. The Kier molecular flexibility index (Phi) is 5.61. The molecule has 2 N–H and O–H groups in total. The lowest BCUT2D eigenvalue weighted by Gasteiger charge is -2.37. The zero-order valence-corrected chi connectivity index (χ0v) is 13.6. The van der Waals surface area contributed by atoms with Crippen LogP contribution in [-0.4, -0.2) is 30.4 Å². The summed E-state index contributed by atoms with van der Waals surface area (Å²) in [6.45, 7) is 0.681. The molecule has 2 unspecified atom stereocenters. The van der Waals surface area contributed by atoms with Crippen molar-refractivity contribution in [3.63, 3.8) is 0 Å². The van der Waals surface area contributed by atoms with Gasteiger partial charge in [-0.3, -0.25) is 4.79 Å². The summed E-state index contributed by atoms with van der Waals surface area (Å²) in [7, 11) is 1.93. The number of hydrogen-bond acceptors (Lipinski definition) is 2. The summed E-state index contributed by atoms with van der Waals surface area (Å²) < 4.78 is 1.04. The number of rotatable bonds is 4. The minimum absolute atomic E-state index is 0.192. The summed E-state index contributed by atoms with van der Waals surface area (Å²) in [6, 6.07) is 8.27. The molecule has 1 aromatic carbocycles. The number of nitrogens with zero attached hydrogens (tertiary/aromatic N) is 1. The van der Waals surface area contributed by atoms with E-state index >= 15 is 0 Å². The van der Waals surface area contributed by atoms with E-state index in [1.807, 2.05) is 36.2 Å². The molecule has 20 heavy (non-hydrogen) atoms. The van der Waals surface area contributed by atoms with Gasteiger partial charge < -0.3 is 10.6 Å². The SMILES string of the molecule is CN(C(=O)Cc1ccc(Br)cc1)C1CCCCC1CN. The van der Waals surface area contributed by atoms with Crippen LogP contribution in [0.15, 0.2) is 28.7 Å². The number of likely N-dealkylation sites (N-methyl/N-ethyl adjacent to an activating group) is 1. The molecule has 0 aromatic heterocycles. The summed E-state index contributed by atoms with van der Waals surface area (Å²) in [4.78, 5) is 14.4. The Hall–Kier alpha value is -0.870.